The Labute approximate surface area is 121 Å². The molecule has 2 aliphatic rings. The maximum Gasteiger partial charge on any atom is 0.329 e. The molecule has 1 aliphatic heterocycles. The predicted octanol–water partition coefficient (Wildman–Crippen LogP) is 2.91. The molecule has 20 heavy (non-hydrogen) atoms. The van der Waals surface area contributed by atoms with Gasteiger partial charge < -0.3 is 10.0 Å². The first-order valence-corrected chi connectivity index (χ1v) is 7.70. The standard InChI is InChI=1S/C16H27NO3/c1-11-8-12(10-15(2,3)9-11)16(4,14(19)20)17-7-5-6-13(17)18/h11-12H,5-10H2,1-4H3,(H,19,20). The number of carboxylic acid groups (broad SMARTS) is 1. The van der Waals surface area contributed by atoms with E-state index in [1.54, 1.807) is 11.8 Å². The smallest absolute Gasteiger partial charge is 0.329 e. The lowest BCUT2D eigenvalue weighted by atomic mass is 9.62. The SMILES string of the molecule is CC1CC(C(C)(C(=O)O)N2CCCC2=O)CC(C)(C)C1. The molecule has 4 heteroatoms. The topological polar surface area (TPSA) is 57.6 Å². The molecule has 0 bridgehead atoms. The highest BCUT2D eigenvalue weighted by atomic mass is 16.4. The van der Waals surface area contributed by atoms with Gasteiger partial charge in [0.25, 0.3) is 0 Å². The summed E-state index contributed by atoms with van der Waals surface area (Å²) in [6.07, 6.45) is 4.19. The van der Waals surface area contributed by atoms with Gasteiger partial charge in [-0.25, -0.2) is 4.79 Å². The van der Waals surface area contributed by atoms with Gasteiger partial charge in [-0.2, -0.15) is 0 Å². The van der Waals surface area contributed by atoms with Gasteiger partial charge in [-0.3, -0.25) is 4.79 Å². The van der Waals surface area contributed by atoms with E-state index in [-0.39, 0.29) is 17.2 Å². The summed E-state index contributed by atoms with van der Waals surface area (Å²) < 4.78 is 0. The Kier molecular flexibility index (Phi) is 3.87. The lowest BCUT2D eigenvalue weighted by Crippen LogP contribution is -2.59. The average Bonchev–Trinajstić information content (AvgIpc) is 2.71. The van der Waals surface area contributed by atoms with Crippen molar-refractivity contribution >= 4 is 11.9 Å². The second-order valence-electron chi connectivity index (χ2n) is 7.71. The quantitative estimate of drug-likeness (QED) is 0.865. The summed E-state index contributed by atoms with van der Waals surface area (Å²) in [5, 5.41) is 9.83. The maximum atomic E-state index is 12.1. The van der Waals surface area contributed by atoms with Crippen LogP contribution in [-0.2, 0) is 9.59 Å². The number of likely N-dealkylation sites (tertiary alicyclic amines) is 1. The molecule has 0 spiro atoms. The normalized spacial score (nSPS) is 33.0. The van der Waals surface area contributed by atoms with Crippen LogP contribution in [0.5, 0.6) is 0 Å². The van der Waals surface area contributed by atoms with Crippen LogP contribution in [0.15, 0.2) is 0 Å². The number of nitrogens with zero attached hydrogens (tertiary/aromatic N) is 1. The summed E-state index contributed by atoms with van der Waals surface area (Å²) >= 11 is 0. The van der Waals surface area contributed by atoms with E-state index in [2.05, 4.69) is 20.8 Å². The minimum absolute atomic E-state index is 0.00549. The van der Waals surface area contributed by atoms with Gasteiger partial charge in [-0.05, 0) is 49.9 Å². The maximum absolute atomic E-state index is 12.1. The van der Waals surface area contributed by atoms with Gasteiger partial charge in [0.05, 0.1) is 0 Å². The number of rotatable bonds is 3. The van der Waals surface area contributed by atoms with Crippen LogP contribution in [0.4, 0.5) is 0 Å². The highest BCUT2D eigenvalue weighted by Crippen LogP contribution is 2.47. The van der Waals surface area contributed by atoms with Crippen molar-refractivity contribution in [2.24, 2.45) is 17.3 Å². The minimum atomic E-state index is -1.04. The van der Waals surface area contributed by atoms with Crippen molar-refractivity contribution in [2.75, 3.05) is 6.54 Å². The van der Waals surface area contributed by atoms with Crippen molar-refractivity contribution in [3.63, 3.8) is 0 Å². The molecule has 1 N–H and O–H groups in total. The summed E-state index contributed by atoms with van der Waals surface area (Å²) in [5.74, 6) is -0.283. The first-order valence-electron chi connectivity index (χ1n) is 7.70. The molecule has 2 rings (SSSR count). The van der Waals surface area contributed by atoms with Crippen LogP contribution >= 0.6 is 0 Å². The number of hydrogen-bond donors (Lipinski definition) is 1. The Morgan fingerprint density at radius 3 is 2.50 bits per heavy atom. The molecule has 2 fully saturated rings. The van der Waals surface area contributed by atoms with E-state index in [1.807, 2.05) is 0 Å². The Morgan fingerprint density at radius 1 is 1.40 bits per heavy atom. The van der Waals surface area contributed by atoms with E-state index < -0.39 is 11.5 Å². The second-order valence-corrected chi connectivity index (χ2v) is 7.71. The van der Waals surface area contributed by atoms with E-state index in [1.165, 1.54) is 0 Å². The third kappa shape index (κ3) is 2.57. The molecule has 1 saturated carbocycles. The fourth-order valence-corrected chi connectivity index (χ4v) is 4.42. The number of carbonyl (C=O) groups excluding carboxylic acids is 1. The Morgan fingerprint density at radius 2 is 2.05 bits per heavy atom. The van der Waals surface area contributed by atoms with Crippen molar-refractivity contribution in [2.45, 2.75) is 65.3 Å². The van der Waals surface area contributed by atoms with E-state index in [0.717, 1.165) is 25.7 Å². The first kappa shape index (κ1) is 15.3. The summed E-state index contributed by atoms with van der Waals surface area (Å²) in [6.45, 7) is 8.97. The Bertz CT molecular complexity index is 418. The molecule has 1 aliphatic carbocycles. The van der Waals surface area contributed by atoms with Crippen LogP contribution in [-0.4, -0.2) is 34.0 Å². The number of carbonyl (C=O) groups is 2. The Balaban J connectivity index is 2.32. The third-order valence-electron chi connectivity index (χ3n) is 5.25. The van der Waals surface area contributed by atoms with Gasteiger partial charge in [0.2, 0.25) is 5.91 Å². The second kappa shape index (κ2) is 5.05. The highest BCUT2D eigenvalue weighted by Gasteiger charge is 2.52. The van der Waals surface area contributed by atoms with Crippen LogP contribution in [0.25, 0.3) is 0 Å². The van der Waals surface area contributed by atoms with Gasteiger partial charge in [0.15, 0.2) is 0 Å². The first-order chi connectivity index (χ1) is 9.17. The van der Waals surface area contributed by atoms with Gasteiger partial charge in [0, 0.05) is 13.0 Å². The van der Waals surface area contributed by atoms with E-state index in [4.69, 9.17) is 0 Å². The van der Waals surface area contributed by atoms with Crippen LogP contribution in [0.1, 0.15) is 59.8 Å². The molecule has 0 aromatic heterocycles. The zero-order valence-electron chi connectivity index (χ0n) is 13.1. The fraction of sp³-hybridized carbons (Fsp3) is 0.875. The zero-order chi connectivity index (χ0) is 15.1. The molecule has 1 saturated heterocycles. The summed E-state index contributed by atoms with van der Waals surface area (Å²) in [7, 11) is 0. The highest BCUT2D eigenvalue weighted by molar-refractivity contribution is 5.88. The molecule has 1 amide bonds. The average molecular weight is 281 g/mol. The number of carboxylic acids is 1. The fourth-order valence-electron chi connectivity index (χ4n) is 4.42. The number of amides is 1. The van der Waals surface area contributed by atoms with Crippen LogP contribution in [0, 0.1) is 17.3 Å². The van der Waals surface area contributed by atoms with Gasteiger partial charge in [-0.1, -0.05) is 20.8 Å². The molecule has 4 nitrogen and oxygen atoms in total. The van der Waals surface area contributed by atoms with Crippen LogP contribution in [0.2, 0.25) is 0 Å². The predicted molar refractivity (Wildman–Crippen MR) is 77.3 cm³/mol. The molecular formula is C16H27NO3. The van der Waals surface area contributed by atoms with Crippen molar-refractivity contribution in [1.29, 1.82) is 0 Å². The number of hydrogen-bond acceptors (Lipinski definition) is 2. The van der Waals surface area contributed by atoms with Crippen molar-refractivity contribution in [3.8, 4) is 0 Å². The van der Waals surface area contributed by atoms with Gasteiger partial charge in [0.1, 0.15) is 5.54 Å². The number of aliphatic carboxylic acids is 1. The molecule has 0 aromatic rings. The Hall–Kier alpha value is -1.06. The van der Waals surface area contributed by atoms with E-state index >= 15 is 0 Å². The molecule has 1 heterocycles. The van der Waals surface area contributed by atoms with Crippen LogP contribution in [0.3, 0.4) is 0 Å². The van der Waals surface area contributed by atoms with Gasteiger partial charge >= 0.3 is 5.97 Å². The molecule has 114 valence electrons. The monoisotopic (exact) mass is 281 g/mol. The lowest BCUT2D eigenvalue weighted by molar-refractivity contribution is -0.163. The molecule has 3 unspecified atom stereocenters. The zero-order valence-corrected chi connectivity index (χ0v) is 13.1. The van der Waals surface area contributed by atoms with Crippen molar-refractivity contribution in [3.05, 3.63) is 0 Å². The van der Waals surface area contributed by atoms with Crippen LogP contribution < -0.4 is 0 Å². The molecule has 0 radical (unpaired) electrons. The lowest BCUT2D eigenvalue weighted by Gasteiger charge is -2.48. The van der Waals surface area contributed by atoms with E-state index in [9.17, 15) is 14.7 Å². The molecule has 3 atom stereocenters. The largest absolute Gasteiger partial charge is 0.479 e. The minimum Gasteiger partial charge on any atom is -0.479 e. The third-order valence-corrected chi connectivity index (χ3v) is 5.25. The van der Waals surface area contributed by atoms with Gasteiger partial charge in [-0.15, -0.1) is 0 Å². The van der Waals surface area contributed by atoms with Crippen molar-refractivity contribution < 1.29 is 14.7 Å². The summed E-state index contributed by atoms with van der Waals surface area (Å²) in [4.78, 5) is 25.7. The molecular weight excluding hydrogens is 254 g/mol. The summed E-state index contributed by atoms with van der Waals surface area (Å²) in [5.41, 5.74) is -0.888. The summed E-state index contributed by atoms with van der Waals surface area (Å²) in [6, 6.07) is 0. The van der Waals surface area contributed by atoms with Crippen molar-refractivity contribution in [1.82, 2.24) is 4.90 Å². The molecule has 0 aromatic carbocycles. The van der Waals surface area contributed by atoms with E-state index in [0.29, 0.717) is 18.9 Å².